The van der Waals surface area contributed by atoms with Gasteiger partial charge in [-0.1, -0.05) is 0 Å². The van der Waals surface area contributed by atoms with Crippen LogP contribution in [0.1, 0.15) is 16.5 Å². The molecule has 0 spiro atoms. The van der Waals surface area contributed by atoms with E-state index in [1.807, 2.05) is 6.07 Å². The summed E-state index contributed by atoms with van der Waals surface area (Å²) in [4.78, 5) is 11.1. The molecule has 1 aliphatic heterocycles. The van der Waals surface area contributed by atoms with Crippen LogP contribution in [0, 0.1) is 11.3 Å². The van der Waals surface area contributed by atoms with Gasteiger partial charge in [-0.3, -0.25) is 4.79 Å². The number of hydrogen-bond donors (Lipinski definition) is 0. The van der Waals surface area contributed by atoms with Crippen LogP contribution >= 0.6 is 11.3 Å². The number of rotatable bonds is 3. The summed E-state index contributed by atoms with van der Waals surface area (Å²) in [7, 11) is 0. The number of nitrogens with zero attached hydrogens (tertiary/aromatic N) is 1. The Bertz CT molecular complexity index is 421. The average molecular weight is 257 g/mol. The van der Waals surface area contributed by atoms with Crippen LogP contribution < -0.4 is 0 Å². The molecule has 3 nitrogen and oxygen atoms in total. The minimum atomic E-state index is 0. The van der Waals surface area contributed by atoms with E-state index in [2.05, 4.69) is 6.07 Å². The molecule has 0 aromatic carbocycles. The first kappa shape index (κ1) is 12.2. The second kappa shape index (κ2) is 5.25. The first-order valence-electron chi connectivity index (χ1n) is 4.11. The van der Waals surface area contributed by atoms with Crippen LogP contribution in [-0.2, 0) is 26.9 Å². The fourth-order valence-corrected chi connectivity index (χ4v) is 2.12. The van der Waals surface area contributed by atoms with Gasteiger partial charge in [-0.15, -0.1) is 11.3 Å². The molecule has 2 unspecified atom stereocenters. The van der Waals surface area contributed by atoms with Gasteiger partial charge in [-0.2, -0.15) is 5.26 Å². The van der Waals surface area contributed by atoms with E-state index >= 15 is 0 Å². The van der Waals surface area contributed by atoms with E-state index in [0.717, 1.165) is 11.2 Å². The van der Waals surface area contributed by atoms with Crippen molar-refractivity contribution in [2.45, 2.75) is 12.2 Å². The van der Waals surface area contributed by atoms with Crippen molar-refractivity contribution in [3.63, 3.8) is 0 Å². The number of thiophene rings is 1. The Morgan fingerprint density at radius 1 is 1.60 bits per heavy atom. The SMILES string of the molecule is N#Cc1csc(C2OC2/C=C/C=O)c1.[Cr+2]. The summed E-state index contributed by atoms with van der Waals surface area (Å²) in [6, 6.07) is 3.89. The number of allylic oxidation sites excluding steroid dienone is 1. The Morgan fingerprint density at radius 2 is 2.40 bits per heavy atom. The summed E-state index contributed by atoms with van der Waals surface area (Å²) < 4.78 is 5.32. The minimum Gasteiger partial charge on any atom is -0.359 e. The standard InChI is InChI=1S/C10H7NO2S.Cr/c11-5-7-4-9(14-6-7)10-8(13-10)2-1-3-12;/h1-4,6,8,10H;/q;+2/b2-1+;. The van der Waals surface area contributed by atoms with Crippen molar-refractivity contribution in [2.75, 3.05) is 0 Å². The molecule has 0 radical (unpaired) electrons. The molecule has 1 aromatic rings. The number of nitriles is 1. The molecule has 1 aliphatic rings. The summed E-state index contributed by atoms with van der Waals surface area (Å²) >= 11 is 1.51. The van der Waals surface area contributed by atoms with Gasteiger partial charge in [0, 0.05) is 10.3 Å². The van der Waals surface area contributed by atoms with Gasteiger partial charge in [0.05, 0.1) is 5.56 Å². The Balaban J connectivity index is 0.00000112. The van der Waals surface area contributed by atoms with E-state index in [0.29, 0.717) is 5.56 Å². The van der Waals surface area contributed by atoms with E-state index in [-0.39, 0.29) is 29.6 Å². The van der Waals surface area contributed by atoms with Gasteiger partial charge in [0.25, 0.3) is 0 Å². The van der Waals surface area contributed by atoms with E-state index in [9.17, 15) is 4.79 Å². The molecule has 1 aromatic heterocycles. The zero-order valence-corrected chi connectivity index (χ0v) is 9.71. The summed E-state index contributed by atoms with van der Waals surface area (Å²) in [6.45, 7) is 0. The van der Waals surface area contributed by atoms with Crippen molar-refractivity contribution in [3.05, 3.63) is 34.0 Å². The smallest absolute Gasteiger partial charge is 0.359 e. The Kier molecular flexibility index (Phi) is 4.26. The minimum absolute atomic E-state index is 0. The molecule has 2 rings (SSSR count). The second-order valence-electron chi connectivity index (χ2n) is 2.89. The molecule has 0 amide bonds. The van der Waals surface area contributed by atoms with E-state index < -0.39 is 0 Å². The topological polar surface area (TPSA) is 53.4 Å². The molecule has 0 saturated carbocycles. The molecular weight excluding hydrogens is 250 g/mol. The quantitative estimate of drug-likeness (QED) is 0.471. The van der Waals surface area contributed by atoms with Crippen molar-refractivity contribution < 1.29 is 26.9 Å². The van der Waals surface area contributed by atoms with Gasteiger partial charge in [-0.25, -0.2) is 0 Å². The molecule has 15 heavy (non-hydrogen) atoms. The zero-order valence-electron chi connectivity index (χ0n) is 7.62. The monoisotopic (exact) mass is 257 g/mol. The zero-order chi connectivity index (χ0) is 9.97. The van der Waals surface area contributed by atoms with E-state index in [1.54, 1.807) is 11.5 Å². The van der Waals surface area contributed by atoms with Crippen molar-refractivity contribution in [3.8, 4) is 6.07 Å². The third-order valence-electron chi connectivity index (χ3n) is 1.93. The molecule has 1 saturated heterocycles. The van der Waals surface area contributed by atoms with Crippen LogP contribution in [0.2, 0.25) is 0 Å². The number of epoxide rings is 1. The van der Waals surface area contributed by atoms with Crippen LogP contribution in [-0.4, -0.2) is 12.4 Å². The average Bonchev–Trinajstić information content (AvgIpc) is 2.82. The van der Waals surface area contributed by atoms with Gasteiger partial charge in [0.15, 0.2) is 0 Å². The second-order valence-corrected chi connectivity index (χ2v) is 3.83. The number of aldehydes is 1. The third-order valence-corrected chi connectivity index (χ3v) is 2.93. The fourth-order valence-electron chi connectivity index (χ4n) is 1.21. The van der Waals surface area contributed by atoms with Crippen LogP contribution in [0.25, 0.3) is 0 Å². The molecule has 74 valence electrons. The van der Waals surface area contributed by atoms with Crippen LogP contribution in [0.4, 0.5) is 0 Å². The van der Waals surface area contributed by atoms with E-state index in [4.69, 9.17) is 10.00 Å². The van der Waals surface area contributed by atoms with Crippen LogP contribution in [0.15, 0.2) is 23.6 Å². The molecule has 2 heterocycles. The van der Waals surface area contributed by atoms with Gasteiger partial charge < -0.3 is 4.74 Å². The first-order valence-corrected chi connectivity index (χ1v) is 4.99. The maximum Gasteiger partial charge on any atom is 2.00 e. The van der Waals surface area contributed by atoms with Crippen molar-refractivity contribution in [1.82, 2.24) is 0 Å². The summed E-state index contributed by atoms with van der Waals surface area (Å²) in [5, 5.41) is 10.4. The fraction of sp³-hybridized carbons (Fsp3) is 0.200. The van der Waals surface area contributed by atoms with E-state index in [1.165, 1.54) is 17.4 Å². The maximum atomic E-state index is 10.0. The summed E-state index contributed by atoms with van der Waals surface area (Å²) in [5.74, 6) is 0. The van der Waals surface area contributed by atoms with Crippen LogP contribution in [0.3, 0.4) is 0 Å². The number of carbonyl (C=O) groups is 1. The first-order chi connectivity index (χ1) is 6.85. The normalized spacial score (nSPS) is 23.1. The summed E-state index contributed by atoms with van der Waals surface area (Å²) in [5.41, 5.74) is 0.665. The van der Waals surface area contributed by atoms with Crippen molar-refractivity contribution >= 4 is 17.6 Å². The number of hydrogen-bond acceptors (Lipinski definition) is 4. The molecule has 2 atom stereocenters. The number of carbonyl (C=O) groups excluding carboxylic acids is 1. The molecule has 0 aliphatic carbocycles. The van der Waals surface area contributed by atoms with Crippen LogP contribution in [0.5, 0.6) is 0 Å². The molecular formula is C10H7CrNO2S+2. The van der Waals surface area contributed by atoms with Gasteiger partial charge in [0.1, 0.15) is 24.6 Å². The maximum absolute atomic E-state index is 10.0. The van der Waals surface area contributed by atoms with Gasteiger partial charge >= 0.3 is 17.4 Å². The number of ether oxygens (including phenoxy) is 1. The summed E-state index contributed by atoms with van der Waals surface area (Å²) in [6.07, 6.45) is 3.93. The Morgan fingerprint density at radius 3 is 3.00 bits per heavy atom. The largest absolute Gasteiger partial charge is 2.00 e. The predicted octanol–water partition coefficient (Wildman–Crippen LogP) is 1.81. The van der Waals surface area contributed by atoms with Crippen molar-refractivity contribution in [1.29, 1.82) is 5.26 Å². The Hall–Kier alpha value is -0.908. The molecule has 0 bridgehead atoms. The Labute approximate surface area is 102 Å². The molecule has 5 heteroatoms. The third kappa shape index (κ3) is 2.78. The predicted molar refractivity (Wildman–Crippen MR) is 51.9 cm³/mol. The van der Waals surface area contributed by atoms with Crippen molar-refractivity contribution in [2.24, 2.45) is 0 Å². The molecule has 1 fully saturated rings. The van der Waals surface area contributed by atoms with Gasteiger partial charge in [-0.05, 0) is 18.2 Å². The van der Waals surface area contributed by atoms with Gasteiger partial charge in [0.2, 0.25) is 0 Å². The molecule has 0 N–H and O–H groups in total.